The lowest BCUT2D eigenvalue weighted by Gasteiger charge is -2.47. The van der Waals surface area contributed by atoms with Gasteiger partial charge in [0.2, 0.25) is 5.91 Å². The van der Waals surface area contributed by atoms with Gasteiger partial charge in [0, 0.05) is 25.1 Å². The number of thiophene rings is 1. The SMILES string of the molecule is O=C(Cn1nc(-c2cccs2)ccc1=O)N1CC[C@@]2(O)CCCC[C@H]2C1. The topological polar surface area (TPSA) is 75.4 Å². The molecule has 138 valence electrons. The molecule has 2 aliphatic rings. The van der Waals surface area contributed by atoms with E-state index in [1.807, 2.05) is 17.5 Å². The summed E-state index contributed by atoms with van der Waals surface area (Å²) in [4.78, 5) is 27.6. The molecule has 0 spiro atoms. The molecule has 0 aromatic carbocycles. The van der Waals surface area contributed by atoms with Crippen LogP contribution in [0.4, 0.5) is 0 Å². The highest BCUT2D eigenvalue weighted by molar-refractivity contribution is 7.13. The highest BCUT2D eigenvalue weighted by Crippen LogP contribution is 2.39. The summed E-state index contributed by atoms with van der Waals surface area (Å²) >= 11 is 1.55. The third-order valence-corrected chi connectivity index (χ3v) is 6.60. The van der Waals surface area contributed by atoms with Crippen LogP contribution in [0.2, 0.25) is 0 Å². The Labute approximate surface area is 156 Å². The van der Waals surface area contributed by atoms with Crippen molar-refractivity contribution in [1.82, 2.24) is 14.7 Å². The summed E-state index contributed by atoms with van der Waals surface area (Å²) in [7, 11) is 0. The van der Waals surface area contributed by atoms with Crippen LogP contribution in [0.15, 0.2) is 34.4 Å². The number of amides is 1. The van der Waals surface area contributed by atoms with Gasteiger partial charge < -0.3 is 10.0 Å². The standard InChI is InChI=1S/C19H23N3O3S/c23-17-7-6-15(16-5-3-11-26-16)20-22(17)13-18(24)21-10-9-19(25)8-2-1-4-14(19)12-21/h3,5-7,11,14,25H,1-2,4,8-10,12-13H2/t14-,19-/m0/s1. The van der Waals surface area contributed by atoms with Crippen molar-refractivity contribution in [2.45, 2.75) is 44.2 Å². The second-order valence-electron chi connectivity index (χ2n) is 7.33. The van der Waals surface area contributed by atoms with Gasteiger partial charge in [-0.2, -0.15) is 5.10 Å². The van der Waals surface area contributed by atoms with Crippen LogP contribution in [0.3, 0.4) is 0 Å². The summed E-state index contributed by atoms with van der Waals surface area (Å²) in [5.41, 5.74) is -0.180. The van der Waals surface area contributed by atoms with Gasteiger partial charge in [0.25, 0.3) is 5.56 Å². The van der Waals surface area contributed by atoms with Crippen molar-refractivity contribution >= 4 is 17.2 Å². The van der Waals surface area contributed by atoms with Crippen LogP contribution < -0.4 is 5.56 Å². The first-order chi connectivity index (χ1) is 12.5. The first kappa shape index (κ1) is 17.4. The number of nitrogens with zero attached hydrogens (tertiary/aromatic N) is 3. The van der Waals surface area contributed by atoms with E-state index in [-0.39, 0.29) is 23.9 Å². The average molecular weight is 373 g/mol. The van der Waals surface area contributed by atoms with Crippen LogP contribution in [0, 0.1) is 5.92 Å². The Morgan fingerprint density at radius 3 is 3.00 bits per heavy atom. The molecule has 1 N–H and O–H groups in total. The van der Waals surface area contributed by atoms with E-state index in [0.717, 1.165) is 30.6 Å². The van der Waals surface area contributed by atoms with Crippen LogP contribution >= 0.6 is 11.3 Å². The first-order valence-corrected chi connectivity index (χ1v) is 10.1. The fraction of sp³-hybridized carbons (Fsp3) is 0.526. The van der Waals surface area contributed by atoms with Crippen molar-refractivity contribution in [1.29, 1.82) is 0 Å². The maximum Gasteiger partial charge on any atom is 0.267 e. The molecule has 2 atom stereocenters. The minimum atomic E-state index is -0.608. The molecule has 0 unspecified atom stereocenters. The number of rotatable bonds is 3. The molecule has 1 aliphatic heterocycles. The van der Waals surface area contributed by atoms with Gasteiger partial charge in [-0.1, -0.05) is 18.9 Å². The normalized spacial score (nSPS) is 25.7. The largest absolute Gasteiger partial charge is 0.389 e. The Balaban J connectivity index is 1.48. The molecular weight excluding hydrogens is 350 g/mol. The molecular formula is C19H23N3O3S. The summed E-state index contributed by atoms with van der Waals surface area (Å²) in [6, 6.07) is 7.03. The van der Waals surface area contributed by atoms with Gasteiger partial charge in [0.1, 0.15) is 12.2 Å². The number of piperidine rings is 1. The molecule has 1 aliphatic carbocycles. The Hall–Kier alpha value is -1.99. The summed E-state index contributed by atoms with van der Waals surface area (Å²) in [6.07, 6.45) is 4.60. The Bertz CT molecular complexity index is 848. The number of aromatic nitrogens is 2. The van der Waals surface area contributed by atoms with E-state index in [2.05, 4.69) is 5.10 Å². The van der Waals surface area contributed by atoms with Crippen LogP contribution in [-0.4, -0.2) is 44.4 Å². The third-order valence-electron chi connectivity index (χ3n) is 5.71. The van der Waals surface area contributed by atoms with E-state index < -0.39 is 5.60 Å². The molecule has 1 amide bonds. The van der Waals surface area contributed by atoms with Crippen molar-refractivity contribution in [2.24, 2.45) is 5.92 Å². The van der Waals surface area contributed by atoms with Gasteiger partial charge in [-0.25, -0.2) is 4.68 Å². The van der Waals surface area contributed by atoms with E-state index >= 15 is 0 Å². The zero-order chi connectivity index (χ0) is 18.1. The van der Waals surface area contributed by atoms with Crippen LogP contribution in [0.1, 0.15) is 32.1 Å². The molecule has 26 heavy (non-hydrogen) atoms. The molecule has 2 fully saturated rings. The first-order valence-electron chi connectivity index (χ1n) is 9.17. The second-order valence-corrected chi connectivity index (χ2v) is 8.28. The van der Waals surface area contributed by atoms with Gasteiger partial charge >= 0.3 is 0 Å². The van der Waals surface area contributed by atoms with Crippen LogP contribution in [-0.2, 0) is 11.3 Å². The smallest absolute Gasteiger partial charge is 0.267 e. The van der Waals surface area contributed by atoms with E-state index in [9.17, 15) is 14.7 Å². The van der Waals surface area contributed by atoms with Gasteiger partial charge in [0.15, 0.2) is 0 Å². The predicted octanol–water partition coefficient (Wildman–Crippen LogP) is 2.13. The van der Waals surface area contributed by atoms with Crippen LogP contribution in [0.5, 0.6) is 0 Å². The summed E-state index contributed by atoms with van der Waals surface area (Å²) < 4.78 is 1.25. The van der Waals surface area contributed by atoms with Gasteiger partial charge in [-0.15, -0.1) is 11.3 Å². The number of aliphatic hydroxyl groups is 1. The van der Waals surface area contributed by atoms with E-state index in [0.29, 0.717) is 25.2 Å². The summed E-state index contributed by atoms with van der Waals surface area (Å²) in [6.45, 7) is 1.07. The molecule has 7 heteroatoms. The maximum atomic E-state index is 12.7. The zero-order valence-electron chi connectivity index (χ0n) is 14.6. The van der Waals surface area contributed by atoms with E-state index in [4.69, 9.17) is 0 Å². The molecule has 1 saturated carbocycles. The highest BCUT2D eigenvalue weighted by atomic mass is 32.1. The number of carbonyl (C=O) groups excluding carboxylic acids is 1. The lowest BCUT2D eigenvalue weighted by atomic mass is 9.71. The van der Waals surface area contributed by atoms with E-state index in [1.165, 1.54) is 10.7 Å². The Morgan fingerprint density at radius 2 is 2.19 bits per heavy atom. The second kappa shape index (κ2) is 6.96. The van der Waals surface area contributed by atoms with Crippen molar-refractivity contribution in [3.05, 3.63) is 40.0 Å². The monoisotopic (exact) mass is 373 g/mol. The lowest BCUT2D eigenvalue weighted by molar-refractivity contribution is -0.144. The fourth-order valence-corrected chi connectivity index (χ4v) is 4.83. The minimum absolute atomic E-state index is 0.0524. The van der Waals surface area contributed by atoms with Crippen molar-refractivity contribution in [3.8, 4) is 10.6 Å². The molecule has 4 rings (SSSR count). The quantitative estimate of drug-likeness (QED) is 0.894. The number of hydrogen-bond donors (Lipinski definition) is 1. The molecule has 0 bridgehead atoms. The highest BCUT2D eigenvalue weighted by Gasteiger charge is 2.43. The van der Waals surface area contributed by atoms with Gasteiger partial charge in [0.05, 0.1) is 10.5 Å². The molecule has 6 nitrogen and oxygen atoms in total. The summed E-state index contributed by atoms with van der Waals surface area (Å²) in [5, 5.41) is 17.1. The Morgan fingerprint density at radius 1 is 1.31 bits per heavy atom. The Kier molecular flexibility index (Phi) is 4.67. The molecule has 0 radical (unpaired) electrons. The lowest BCUT2D eigenvalue weighted by Crippen LogP contribution is -2.55. The minimum Gasteiger partial charge on any atom is -0.389 e. The molecule has 1 saturated heterocycles. The zero-order valence-corrected chi connectivity index (χ0v) is 15.5. The maximum absolute atomic E-state index is 12.7. The number of likely N-dealkylation sites (tertiary alicyclic amines) is 1. The van der Waals surface area contributed by atoms with Crippen molar-refractivity contribution in [3.63, 3.8) is 0 Å². The van der Waals surface area contributed by atoms with Crippen molar-refractivity contribution < 1.29 is 9.90 Å². The molecule has 2 aromatic heterocycles. The molecule has 2 aromatic rings. The average Bonchev–Trinajstić information content (AvgIpc) is 3.17. The summed E-state index contributed by atoms with van der Waals surface area (Å²) in [5.74, 6) is 0.0478. The van der Waals surface area contributed by atoms with Gasteiger partial charge in [-0.05, 0) is 36.8 Å². The van der Waals surface area contributed by atoms with Crippen molar-refractivity contribution in [2.75, 3.05) is 13.1 Å². The molecule has 3 heterocycles. The number of carbonyl (C=O) groups is 1. The van der Waals surface area contributed by atoms with Crippen LogP contribution in [0.25, 0.3) is 10.6 Å². The van der Waals surface area contributed by atoms with Gasteiger partial charge in [-0.3, -0.25) is 9.59 Å². The third kappa shape index (κ3) is 3.33. The fourth-order valence-electron chi connectivity index (χ4n) is 4.14. The predicted molar refractivity (Wildman–Crippen MR) is 99.9 cm³/mol. The van der Waals surface area contributed by atoms with E-state index in [1.54, 1.807) is 22.3 Å². The number of hydrogen-bond acceptors (Lipinski definition) is 5. The number of fused-ring (bicyclic) bond motifs is 1.